The first kappa shape index (κ1) is 28.0. The molecule has 2 aliphatic carbocycles. The Morgan fingerprint density at radius 3 is 2.20 bits per heavy atom. The Morgan fingerprint density at radius 2 is 1.59 bits per heavy atom. The lowest BCUT2D eigenvalue weighted by atomic mass is 9.53. The molecule has 1 aliphatic heterocycles. The second-order valence-corrected chi connectivity index (χ2v) is 14.2. The average molecular weight is 564 g/mol. The van der Waals surface area contributed by atoms with Crippen LogP contribution in [0.2, 0.25) is 0 Å². The molecule has 0 N–H and O–H groups in total. The van der Waals surface area contributed by atoms with Crippen molar-refractivity contribution in [2.24, 2.45) is 11.3 Å². The number of nitrogens with zero attached hydrogens (tertiary/aromatic N) is 1. The molecule has 3 aliphatic rings. The zero-order chi connectivity index (χ0) is 28.8. The van der Waals surface area contributed by atoms with Gasteiger partial charge < -0.3 is 9.05 Å². The SMILES string of the molecule is C=C/C(C)=C\C1=C/OP(N(Cc2ccccc2)Cc2ccccc2)Oc2cc(C)cc3c2[C@H]2CC1(C)C(C)C3(C)C2. The molecule has 1 saturated carbocycles. The summed E-state index contributed by atoms with van der Waals surface area (Å²) >= 11 is 0. The summed E-state index contributed by atoms with van der Waals surface area (Å²) in [5.74, 6) is 1.90. The van der Waals surface area contributed by atoms with Gasteiger partial charge in [0.1, 0.15) is 5.75 Å². The molecule has 3 nitrogen and oxygen atoms in total. The highest BCUT2D eigenvalue weighted by atomic mass is 31.2. The molecule has 0 spiro atoms. The molecule has 0 radical (unpaired) electrons. The normalized spacial score (nSPS) is 29.9. The molecular weight excluding hydrogens is 521 g/mol. The quantitative estimate of drug-likeness (QED) is 0.211. The summed E-state index contributed by atoms with van der Waals surface area (Å²) in [4.78, 5) is 0. The molecule has 4 unspecified atom stereocenters. The minimum atomic E-state index is -1.47. The van der Waals surface area contributed by atoms with E-state index in [0.29, 0.717) is 11.8 Å². The van der Waals surface area contributed by atoms with Crippen molar-refractivity contribution < 1.29 is 9.05 Å². The van der Waals surface area contributed by atoms with Crippen LogP contribution in [0.3, 0.4) is 0 Å². The summed E-state index contributed by atoms with van der Waals surface area (Å²) in [7, 11) is -1.47. The van der Waals surface area contributed by atoms with Crippen molar-refractivity contribution in [3.8, 4) is 5.75 Å². The van der Waals surface area contributed by atoms with E-state index in [1.54, 1.807) is 0 Å². The van der Waals surface area contributed by atoms with Gasteiger partial charge in [-0.15, -0.1) is 0 Å². The summed E-state index contributed by atoms with van der Waals surface area (Å²) in [6.07, 6.45) is 8.53. The van der Waals surface area contributed by atoms with Crippen molar-refractivity contribution in [3.05, 3.63) is 137 Å². The zero-order valence-corrected chi connectivity index (χ0v) is 26.0. The van der Waals surface area contributed by atoms with Crippen LogP contribution >= 0.6 is 8.53 Å². The van der Waals surface area contributed by atoms with Gasteiger partial charge in [-0.3, -0.25) is 0 Å². The molecule has 0 saturated heterocycles. The number of hydrogen-bond donors (Lipinski definition) is 0. The van der Waals surface area contributed by atoms with Crippen molar-refractivity contribution in [2.75, 3.05) is 0 Å². The minimum Gasteiger partial charge on any atom is -0.435 e. The molecule has 1 fully saturated rings. The van der Waals surface area contributed by atoms with Crippen LogP contribution in [0.1, 0.15) is 74.3 Å². The molecule has 3 bridgehead atoms. The van der Waals surface area contributed by atoms with Crippen molar-refractivity contribution in [3.63, 3.8) is 0 Å². The number of rotatable bonds is 7. The van der Waals surface area contributed by atoms with Crippen LogP contribution in [0.15, 0.2) is 109 Å². The van der Waals surface area contributed by atoms with Gasteiger partial charge >= 0.3 is 8.53 Å². The second kappa shape index (κ2) is 10.9. The van der Waals surface area contributed by atoms with Gasteiger partial charge in [0, 0.05) is 18.7 Å². The van der Waals surface area contributed by atoms with Crippen LogP contribution in [0, 0.1) is 18.3 Å². The van der Waals surface area contributed by atoms with Crippen LogP contribution in [0.5, 0.6) is 5.75 Å². The first-order valence-corrected chi connectivity index (χ1v) is 16.0. The minimum absolute atomic E-state index is 0.0475. The second-order valence-electron chi connectivity index (χ2n) is 12.8. The molecular formula is C37H42NO2P. The maximum Gasteiger partial charge on any atom is 0.384 e. The number of aryl methyl sites for hydroxylation is 1. The largest absolute Gasteiger partial charge is 0.435 e. The Balaban J connectivity index is 1.52. The lowest BCUT2D eigenvalue weighted by Gasteiger charge is -2.50. The van der Waals surface area contributed by atoms with Gasteiger partial charge in [0.2, 0.25) is 0 Å². The average Bonchev–Trinajstić information content (AvgIpc) is 3.22. The van der Waals surface area contributed by atoms with E-state index in [1.807, 2.05) is 12.3 Å². The van der Waals surface area contributed by atoms with E-state index in [1.165, 1.54) is 39.8 Å². The number of fused-ring (bicyclic) bond motifs is 3. The Kier molecular flexibility index (Phi) is 7.47. The van der Waals surface area contributed by atoms with E-state index < -0.39 is 8.53 Å². The van der Waals surface area contributed by atoms with Gasteiger partial charge in [-0.1, -0.05) is 112 Å². The standard InChI is InChI=1S/C37H42NO2P/c1-7-26(2)18-32-25-39-41(38(23-29-14-10-8-11-15-29)24-30-16-12-9-13-17-30)40-34-20-27(3)19-33-35(34)31-21-36(32,5)28(4)37(33,6)22-31/h7-20,25,28,31H,1,21-24H2,2-6H3/b26-18-,32-25+/t28?,31-,36?,37?,41?/m0/s1. The van der Waals surface area contributed by atoms with Crippen molar-refractivity contribution in [2.45, 2.75) is 71.9 Å². The molecule has 41 heavy (non-hydrogen) atoms. The third kappa shape index (κ3) is 5.09. The number of benzene rings is 3. The van der Waals surface area contributed by atoms with Gasteiger partial charge in [0.25, 0.3) is 0 Å². The Bertz CT molecular complexity index is 1450. The fourth-order valence-corrected chi connectivity index (χ4v) is 8.90. The van der Waals surface area contributed by atoms with Crippen molar-refractivity contribution in [1.29, 1.82) is 0 Å². The van der Waals surface area contributed by atoms with Gasteiger partial charge in [-0.05, 0) is 83.2 Å². The maximum absolute atomic E-state index is 7.09. The Morgan fingerprint density at radius 1 is 0.976 bits per heavy atom. The molecule has 3 aromatic carbocycles. The molecule has 4 heteroatoms. The molecule has 3 aromatic rings. The van der Waals surface area contributed by atoms with Gasteiger partial charge in [-0.25, -0.2) is 4.67 Å². The van der Waals surface area contributed by atoms with E-state index in [0.717, 1.165) is 30.8 Å². The maximum atomic E-state index is 7.09. The van der Waals surface area contributed by atoms with Gasteiger partial charge in [0.05, 0.1) is 6.26 Å². The molecule has 5 atom stereocenters. The topological polar surface area (TPSA) is 21.7 Å². The highest BCUT2D eigenvalue weighted by molar-refractivity contribution is 7.45. The molecule has 0 amide bonds. The smallest absolute Gasteiger partial charge is 0.384 e. The summed E-state index contributed by atoms with van der Waals surface area (Å²) in [5.41, 5.74) is 9.04. The zero-order valence-electron chi connectivity index (χ0n) is 25.1. The van der Waals surface area contributed by atoms with Crippen LogP contribution in [-0.4, -0.2) is 4.67 Å². The summed E-state index contributed by atoms with van der Waals surface area (Å²) in [6, 6.07) is 26.0. The van der Waals surface area contributed by atoms with Gasteiger partial charge in [0.15, 0.2) is 0 Å². The number of allylic oxidation sites excluding steroid dienone is 4. The van der Waals surface area contributed by atoms with Crippen LogP contribution in [-0.2, 0) is 23.0 Å². The lowest BCUT2D eigenvalue weighted by Crippen LogP contribution is -2.44. The predicted molar refractivity (Wildman–Crippen MR) is 171 cm³/mol. The van der Waals surface area contributed by atoms with Gasteiger partial charge in [-0.2, -0.15) is 0 Å². The number of hydrogen-bond acceptors (Lipinski definition) is 3. The van der Waals surface area contributed by atoms with Crippen LogP contribution in [0.4, 0.5) is 0 Å². The molecule has 6 rings (SSSR count). The summed E-state index contributed by atoms with van der Waals surface area (Å²) in [6.45, 7) is 17.3. The van der Waals surface area contributed by atoms with E-state index in [4.69, 9.17) is 9.05 Å². The van der Waals surface area contributed by atoms with Crippen LogP contribution in [0.25, 0.3) is 0 Å². The summed E-state index contributed by atoms with van der Waals surface area (Å²) < 4.78 is 16.3. The fourth-order valence-electron chi connectivity index (χ4n) is 7.53. The highest BCUT2D eigenvalue weighted by Gasteiger charge is 2.58. The molecule has 1 heterocycles. The third-order valence-electron chi connectivity index (χ3n) is 10.0. The Labute approximate surface area is 247 Å². The van der Waals surface area contributed by atoms with E-state index in [-0.39, 0.29) is 10.8 Å². The monoisotopic (exact) mass is 563 g/mol. The van der Waals surface area contributed by atoms with E-state index >= 15 is 0 Å². The van der Waals surface area contributed by atoms with Crippen molar-refractivity contribution in [1.82, 2.24) is 4.67 Å². The predicted octanol–water partition coefficient (Wildman–Crippen LogP) is 10.1. The fraction of sp³-hybridized carbons (Fsp3) is 0.351. The van der Waals surface area contributed by atoms with Crippen molar-refractivity contribution >= 4 is 8.53 Å². The molecule has 0 aromatic heterocycles. The highest BCUT2D eigenvalue weighted by Crippen LogP contribution is 2.68. The van der Waals surface area contributed by atoms with Crippen LogP contribution < -0.4 is 4.52 Å². The first-order chi connectivity index (χ1) is 19.7. The molecule has 212 valence electrons. The summed E-state index contributed by atoms with van der Waals surface area (Å²) in [5, 5.41) is 0. The van der Waals surface area contributed by atoms with E-state index in [2.05, 4.69) is 125 Å². The lowest BCUT2D eigenvalue weighted by molar-refractivity contribution is 0.0876. The third-order valence-corrected chi connectivity index (χ3v) is 11.4. The van der Waals surface area contributed by atoms with E-state index in [9.17, 15) is 0 Å². The Hall–Kier alpha value is -3.13. The first-order valence-electron chi connectivity index (χ1n) is 14.9.